The molecule has 1 fully saturated rings. The van der Waals surface area contributed by atoms with Gasteiger partial charge in [-0.25, -0.2) is 0 Å². The molecular formula is C44H59N3O13. The van der Waals surface area contributed by atoms with E-state index in [4.69, 9.17) is 23.8 Å². The average Bonchev–Trinajstić information content (AvgIpc) is 3.83. The van der Waals surface area contributed by atoms with E-state index in [2.05, 4.69) is 15.4 Å². The number of carbonyl (C=O) groups is 3. The topological polar surface area (TPSA) is 226 Å². The van der Waals surface area contributed by atoms with Gasteiger partial charge in [0.15, 0.2) is 5.75 Å². The number of anilines is 1. The summed E-state index contributed by atoms with van der Waals surface area (Å²) in [7, 11) is 1.43. The number of nitrogens with one attached hydrogen (secondary N) is 1. The Labute approximate surface area is 350 Å². The molecule has 0 aromatic heterocycles. The lowest BCUT2D eigenvalue weighted by Gasteiger charge is -2.38. The van der Waals surface area contributed by atoms with Crippen molar-refractivity contribution in [1.29, 1.82) is 0 Å². The van der Waals surface area contributed by atoms with Crippen molar-refractivity contribution in [2.24, 2.45) is 28.8 Å². The number of allylic oxidation sites excluding steroid dienone is 2. The highest BCUT2D eigenvalue weighted by atomic mass is 16.7. The molecule has 2 aromatic carbocycles. The van der Waals surface area contributed by atoms with E-state index < -0.39 is 88.8 Å². The number of phenolic OH excluding ortho intramolecular Hbond substituents is 3. The smallest absolute Gasteiger partial charge is 0.312 e. The molecule has 0 aliphatic carbocycles. The Bertz CT molecular complexity index is 2070. The standard InChI is InChI=1S/C44H59N3O13/c1-22-13-12-14-23(2)43(55)46-34-29(21-45-58-20-18-47-16-10-11-17-47)38(52)31-32(39(34)53)37(51)27(6)41-33(31)42(54)44(8,60-41)57-19-15-30(56-9)24(3)40(59-28(7)48)26(5)36(50)25(4)35(22)49/h12-15,19,21-22,24-26,30,35-36,40,49-53H,10-11,16-18,20H2,1-9H3,(H,46,55)/b13-12-,19-15?,23-14-,45-21+/t22-,24+,25+,26+,30-,35-,36+,40+,44-/m0/s1. The lowest BCUT2D eigenvalue weighted by molar-refractivity contribution is -0.160. The van der Waals surface area contributed by atoms with Crippen molar-refractivity contribution in [3.05, 3.63) is 52.8 Å². The lowest BCUT2D eigenvalue weighted by atomic mass is 9.78. The lowest BCUT2D eigenvalue weighted by Crippen LogP contribution is -2.46. The second-order valence-corrected chi connectivity index (χ2v) is 16.2. The summed E-state index contributed by atoms with van der Waals surface area (Å²) >= 11 is 0. The van der Waals surface area contributed by atoms with E-state index >= 15 is 0 Å². The summed E-state index contributed by atoms with van der Waals surface area (Å²) in [5.74, 6) is -8.57. The second-order valence-electron chi connectivity index (χ2n) is 16.2. The number of benzene rings is 2. The third kappa shape index (κ3) is 9.26. The zero-order valence-electron chi connectivity index (χ0n) is 35.7. The highest BCUT2D eigenvalue weighted by molar-refractivity contribution is 6.23. The van der Waals surface area contributed by atoms with Gasteiger partial charge in [0, 0.05) is 67.7 Å². The fraction of sp³-hybridized carbons (Fsp3) is 0.545. The number of nitrogens with zero attached hydrogens (tertiary/aromatic N) is 2. The SMILES string of the molecule is CO[C@H]1C=CO[C@@]2(C)Oc3c(C)c(O)c4c(O)c(c(/C=N/OCCN5CCCC5)c(O)c4c3C2=O)NC(=O)/C(C)=C\C=C/[C@H](C)[C@H](O)[C@@H](C)[C@@H](O)[C@@H](C)[C@H](OC(C)=O)[C@@H]1C. The number of aliphatic hydroxyl groups excluding tert-OH is 2. The summed E-state index contributed by atoms with van der Waals surface area (Å²) < 4.78 is 23.6. The summed E-state index contributed by atoms with van der Waals surface area (Å²) in [5.41, 5.74) is -0.561. The van der Waals surface area contributed by atoms with Crippen LogP contribution in [0, 0.1) is 30.6 Å². The molecule has 328 valence electrons. The number of rotatable bonds is 7. The summed E-state index contributed by atoms with van der Waals surface area (Å²) in [6.07, 6.45) is 6.78. The van der Waals surface area contributed by atoms with Gasteiger partial charge in [-0.15, -0.1) is 0 Å². The molecule has 1 amide bonds. The van der Waals surface area contributed by atoms with E-state index in [1.54, 1.807) is 39.8 Å². The molecule has 60 heavy (non-hydrogen) atoms. The van der Waals surface area contributed by atoms with Crippen LogP contribution in [0.4, 0.5) is 5.69 Å². The van der Waals surface area contributed by atoms with Gasteiger partial charge in [0.2, 0.25) is 0 Å². The molecule has 5 bridgehead atoms. The predicted molar refractivity (Wildman–Crippen MR) is 223 cm³/mol. The van der Waals surface area contributed by atoms with Crippen molar-refractivity contribution in [2.45, 2.75) is 98.4 Å². The maximum atomic E-state index is 14.4. The number of aliphatic hydroxyl groups is 2. The number of methoxy groups -OCH3 is 1. The van der Waals surface area contributed by atoms with Crippen LogP contribution in [-0.4, -0.2) is 118 Å². The molecule has 6 N–H and O–H groups in total. The highest BCUT2D eigenvalue weighted by Crippen LogP contribution is 2.55. The van der Waals surface area contributed by atoms with E-state index in [0.29, 0.717) is 6.54 Å². The van der Waals surface area contributed by atoms with Gasteiger partial charge in [0.25, 0.3) is 11.7 Å². The molecule has 0 radical (unpaired) electrons. The highest BCUT2D eigenvalue weighted by Gasteiger charge is 2.50. The van der Waals surface area contributed by atoms with Crippen LogP contribution in [0.2, 0.25) is 0 Å². The number of hydrogen-bond acceptors (Lipinski definition) is 15. The van der Waals surface area contributed by atoms with Gasteiger partial charge in [-0.1, -0.05) is 51.1 Å². The number of likely N-dealkylation sites (tertiary alicyclic amines) is 1. The van der Waals surface area contributed by atoms with Gasteiger partial charge < -0.3 is 54.6 Å². The summed E-state index contributed by atoms with van der Waals surface area (Å²) in [6, 6.07) is 0. The van der Waals surface area contributed by atoms with E-state index in [0.717, 1.165) is 32.1 Å². The van der Waals surface area contributed by atoms with Crippen molar-refractivity contribution in [3.63, 3.8) is 0 Å². The zero-order valence-corrected chi connectivity index (χ0v) is 35.7. The number of ketones is 1. The van der Waals surface area contributed by atoms with Crippen LogP contribution in [-0.2, 0) is 28.6 Å². The number of phenols is 3. The number of oxime groups is 1. The molecule has 1 saturated heterocycles. The van der Waals surface area contributed by atoms with Crippen LogP contribution in [0.1, 0.15) is 82.8 Å². The van der Waals surface area contributed by atoms with Crippen molar-refractivity contribution in [2.75, 3.05) is 38.7 Å². The molecule has 9 atom stereocenters. The second kappa shape index (κ2) is 19.0. The van der Waals surface area contributed by atoms with Crippen molar-refractivity contribution >= 4 is 40.3 Å². The van der Waals surface area contributed by atoms with E-state index in [1.807, 2.05) is 0 Å². The Morgan fingerprint density at radius 3 is 2.32 bits per heavy atom. The van der Waals surface area contributed by atoms with Crippen molar-refractivity contribution in [1.82, 2.24) is 4.90 Å². The van der Waals surface area contributed by atoms with E-state index in [1.165, 1.54) is 53.2 Å². The van der Waals surface area contributed by atoms with Crippen LogP contribution < -0.4 is 10.1 Å². The normalized spacial score (nSPS) is 30.9. The monoisotopic (exact) mass is 837 g/mol. The van der Waals surface area contributed by atoms with Gasteiger partial charge in [0.05, 0.1) is 53.0 Å². The van der Waals surface area contributed by atoms with Gasteiger partial charge in [-0.3, -0.25) is 19.3 Å². The fourth-order valence-electron chi connectivity index (χ4n) is 8.19. The first kappa shape index (κ1) is 45.9. The first-order valence-electron chi connectivity index (χ1n) is 20.3. The number of amides is 1. The molecule has 4 aliphatic heterocycles. The van der Waals surface area contributed by atoms with Crippen molar-refractivity contribution < 1.29 is 63.7 Å². The third-order valence-corrected chi connectivity index (χ3v) is 12.0. The van der Waals surface area contributed by atoms with Gasteiger partial charge in [-0.05, 0) is 45.9 Å². The minimum absolute atomic E-state index is 0.0400. The number of aromatic hydroxyl groups is 3. The maximum Gasteiger partial charge on any atom is 0.312 e. The molecule has 0 spiro atoms. The van der Waals surface area contributed by atoms with Crippen LogP contribution >= 0.6 is 0 Å². The number of Topliss-reactive ketones (excluding diaryl/α,β-unsaturated/α-hetero) is 1. The largest absolute Gasteiger partial charge is 0.507 e. The molecule has 16 heteroatoms. The minimum Gasteiger partial charge on any atom is -0.507 e. The van der Waals surface area contributed by atoms with Crippen LogP contribution in [0.15, 0.2) is 41.3 Å². The Balaban J connectivity index is 1.66. The fourth-order valence-corrected chi connectivity index (χ4v) is 8.19. The van der Waals surface area contributed by atoms with Gasteiger partial charge in [0.1, 0.15) is 30.0 Å². The van der Waals surface area contributed by atoms with Crippen LogP contribution in [0.5, 0.6) is 23.0 Å². The number of esters is 1. The summed E-state index contributed by atoms with van der Waals surface area (Å²) in [4.78, 5) is 48.2. The molecular weight excluding hydrogens is 778 g/mol. The maximum absolute atomic E-state index is 14.4. The molecule has 2 aromatic rings. The summed E-state index contributed by atoms with van der Waals surface area (Å²) in [5, 5.41) is 64.3. The van der Waals surface area contributed by atoms with E-state index in [-0.39, 0.29) is 51.1 Å². The Hall–Kier alpha value is -5.16. The molecule has 0 saturated carbocycles. The molecule has 16 nitrogen and oxygen atoms in total. The van der Waals surface area contributed by atoms with Crippen molar-refractivity contribution in [3.8, 4) is 23.0 Å². The molecule has 4 aliphatic rings. The van der Waals surface area contributed by atoms with Crippen LogP contribution in [0.3, 0.4) is 0 Å². The van der Waals surface area contributed by atoms with E-state index in [9.17, 15) is 39.9 Å². The van der Waals surface area contributed by atoms with Crippen LogP contribution in [0.25, 0.3) is 10.8 Å². The average molecular weight is 838 g/mol. The minimum atomic E-state index is -2.06. The zero-order chi connectivity index (χ0) is 44.2. The molecule has 4 heterocycles. The van der Waals surface area contributed by atoms with Gasteiger partial charge >= 0.3 is 11.8 Å². The van der Waals surface area contributed by atoms with Gasteiger partial charge in [-0.2, -0.15) is 0 Å². The Morgan fingerprint density at radius 1 is 0.983 bits per heavy atom. The Morgan fingerprint density at radius 2 is 1.67 bits per heavy atom. The number of carbonyl (C=O) groups excluding carboxylic acids is 3. The first-order valence-corrected chi connectivity index (χ1v) is 20.3. The first-order chi connectivity index (χ1) is 28.3. The molecule has 0 unspecified atom stereocenters. The number of fused-ring (bicyclic) bond motifs is 14. The predicted octanol–water partition coefficient (Wildman–Crippen LogP) is 5.20. The summed E-state index contributed by atoms with van der Waals surface area (Å²) in [6.45, 7) is 15.2. The molecule has 6 rings (SSSR count). The quantitative estimate of drug-likeness (QED) is 0.0527. The Kier molecular flexibility index (Phi) is 14.6. The third-order valence-electron chi connectivity index (χ3n) is 12.0. The number of hydrogen-bond donors (Lipinski definition) is 6. The number of ether oxygens (including phenoxy) is 4.